The van der Waals surface area contributed by atoms with Crippen molar-refractivity contribution in [1.82, 2.24) is 5.32 Å². The normalized spacial score (nSPS) is 15.6. The fourth-order valence-electron chi connectivity index (χ4n) is 3.02. The van der Waals surface area contributed by atoms with E-state index in [-0.39, 0.29) is 18.1 Å². The number of hydrogen-bond acceptors (Lipinski definition) is 2. The zero-order valence-electron chi connectivity index (χ0n) is 12.7. The molecule has 0 spiro atoms. The molecule has 2 heteroatoms. The highest BCUT2D eigenvalue weighted by Crippen LogP contribution is 2.34. The summed E-state index contributed by atoms with van der Waals surface area (Å²) in [5.74, 6) is 0.270. The lowest BCUT2D eigenvalue weighted by molar-refractivity contribution is 0.121. The van der Waals surface area contributed by atoms with E-state index in [0.29, 0.717) is 6.54 Å². The number of nitrogens with one attached hydrogen (secondary N) is 1. The zero-order chi connectivity index (χ0) is 14.8. The van der Waals surface area contributed by atoms with Gasteiger partial charge in [-0.1, -0.05) is 62.4 Å². The lowest BCUT2D eigenvalue weighted by Crippen LogP contribution is -2.35. The van der Waals surface area contributed by atoms with E-state index in [4.69, 9.17) is 0 Å². The first-order valence-corrected chi connectivity index (χ1v) is 7.74. The summed E-state index contributed by atoms with van der Waals surface area (Å²) in [5, 5.41) is 13.7. The molecule has 0 saturated heterocycles. The van der Waals surface area contributed by atoms with E-state index in [9.17, 15) is 5.11 Å². The quantitative estimate of drug-likeness (QED) is 0.901. The van der Waals surface area contributed by atoms with E-state index in [2.05, 4.69) is 67.7 Å². The first-order chi connectivity index (χ1) is 10.2. The molecule has 21 heavy (non-hydrogen) atoms. The number of benzene rings is 2. The molecule has 1 unspecified atom stereocenters. The fourth-order valence-corrected chi connectivity index (χ4v) is 3.02. The lowest BCUT2D eigenvalue weighted by Gasteiger charge is -2.30. The van der Waals surface area contributed by atoms with Crippen LogP contribution in [0, 0.1) is 5.92 Å². The third-order valence-electron chi connectivity index (χ3n) is 4.41. The van der Waals surface area contributed by atoms with Crippen molar-refractivity contribution >= 4 is 0 Å². The maximum Gasteiger partial charge on any atom is 0.0687 e. The Balaban J connectivity index is 1.91. The van der Waals surface area contributed by atoms with Crippen molar-refractivity contribution < 1.29 is 5.11 Å². The molecule has 0 bridgehead atoms. The number of aliphatic hydroxyl groups is 1. The molecular formula is C19H23NO. The van der Waals surface area contributed by atoms with Gasteiger partial charge in [0.1, 0.15) is 0 Å². The average Bonchev–Trinajstić information content (AvgIpc) is 2.51. The van der Waals surface area contributed by atoms with Crippen LogP contribution in [0.15, 0.2) is 48.5 Å². The first-order valence-electron chi connectivity index (χ1n) is 7.74. The largest absolute Gasteiger partial charge is 0.392 e. The monoisotopic (exact) mass is 281 g/mol. The van der Waals surface area contributed by atoms with Gasteiger partial charge < -0.3 is 10.4 Å². The van der Waals surface area contributed by atoms with E-state index >= 15 is 0 Å². The molecule has 2 N–H and O–H groups in total. The second kappa shape index (κ2) is 6.00. The molecule has 3 rings (SSSR count). The van der Waals surface area contributed by atoms with E-state index in [1.54, 1.807) is 0 Å². The van der Waals surface area contributed by atoms with Crippen LogP contribution in [-0.2, 0) is 6.42 Å². The zero-order valence-corrected chi connectivity index (χ0v) is 12.7. The Hall–Kier alpha value is -1.64. The molecule has 1 atom stereocenters. The van der Waals surface area contributed by atoms with Crippen LogP contribution < -0.4 is 5.32 Å². The molecule has 0 radical (unpaired) electrons. The molecule has 0 aromatic heterocycles. The minimum atomic E-state index is -0.314. The summed E-state index contributed by atoms with van der Waals surface area (Å²) in [5.41, 5.74) is 5.44. The van der Waals surface area contributed by atoms with Gasteiger partial charge in [-0.2, -0.15) is 0 Å². The van der Waals surface area contributed by atoms with Crippen LogP contribution in [0.2, 0.25) is 0 Å². The molecule has 1 aliphatic carbocycles. The van der Waals surface area contributed by atoms with Gasteiger partial charge in [0.2, 0.25) is 0 Å². The summed E-state index contributed by atoms with van der Waals surface area (Å²) in [7, 11) is 0. The van der Waals surface area contributed by atoms with E-state index in [1.165, 1.54) is 22.3 Å². The van der Waals surface area contributed by atoms with Gasteiger partial charge >= 0.3 is 0 Å². The highest BCUT2D eigenvalue weighted by molar-refractivity contribution is 5.48. The van der Waals surface area contributed by atoms with Crippen LogP contribution in [0.25, 0.3) is 0 Å². The van der Waals surface area contributed by atoms with Gasteiger partial charge in [0, 0.05) is 6.54 Å². The minimum Gasteiger partial charge on any atom is -0.392 e. The van der Waals surface area contributed by atoms with E-state index in [1.807, 2.05) is 0 Å². The fraction of sp³-hybridized carbons (Fsp3) is 0.368. The van der Waals surface area contributed by atoms with Crippen LogP contribution in [0.5, 0.6) is 0 Å². The molecule has 0 fully saturated rings. The molecule has 0 amide bonds. The molecule has 2 aromatic rings. The average molecular weight is 281 g/mol. The first kappa shape index (κ1) is 14.3. The van der Waals surface area contributed by atoms with Crippen LogP contribution in [-0.4, -0.2) is 17.8 Å². The third-order valence-corrected chi connectivity index (χ3v) is 4.41. The van der Waals surface area contributed by atoms with Crippen molar-refractivity contribution in [1.29, 1.82) is 0 Å². The molecule has 0 saturated carbocycles. The molecule has 1 aliphatic rings. The second-order valence-electron chi connectivity index (χ2n) is 6.23. The summed E-state index contributed by atoms with van der Waals surface area (Å²) < 4.78 is 0. The standard InChI is InChI=1S/C19H23NO/c1-13(2)18(21)12-20-19-16-9-5-3-7-14(16)11-15-8-4-6-10-17(15)19/h3-10,13,18-21H,11-12H2,1-2H3. The second-order valence-corrected chi connectivity index (χ2v) is 6.23. The van der Waals surface area contributed by atoms with Gasteiger partial charge in [-0.25, -0.2) is 0 Å². The van der Waals surface area contributed by atoms with Gasteiger partial charge in [-0.15, -0.1) is 0 Å². The predicted molar refractivity (Wildman–Crippen MR) is 86.4 cm³/mol. The van der Waals surface area contributed by atoms with Crippen molar-refractivity contribution in [2.75, 3.05) is 6.54 Å². The summed E-state index contributed by atoms with van der Waals surface area (Å²) in [4.78, 5) is 0. The van der Waals surface area contributed by atoms with Crippen LogP contribution >= 0.6 is 0 Å². The number of hydrogen-bond donors (Lipinski definition) is 2. The molecular weight excluding hydrogens is 258 g/mol. The Kier molecular flexibility index (Phi) is 4.09. The maximum absolute atomic E-state index is 10.1. The van der Waals surface area contributed by atoms with Crippen molar-refractivity contribution in [3.8, 4) is 0 Å². The van der Waals surface area contributed by atoms with Gasteiger partial charge in [-0.05, 0) is 34.6 Å². The number of fused-ring (bicyclic) bond motifs is 2. The third kappa shape index (κ3) is 2.87. The van der Waals surface area contributed by atoms with Crippen LogP contribution in [0.4, 0.5) is 0 Å². The molecule has 0 aliphatic heterocycles. The van der Waals surface area contributed by atoms with Crippen LogP contribution in [0.3, 0.4) is 0 Å². The Morgan fingerprint density at radius 2 is 1.52 bits per heavy atom. The van der Waals surface area contributed by atoms with Crippen molar-refractivity contribution in [3.05, 3.63) is 70.8 Å². The Labute approximate surface area is 126 Å². The summed E-state index contributed by atoms with van der Waals surface area (Å²) in [6.45, 7) is 4.72. The Bertz CT molecular complexity index is 575. The molecule has 2 aromatic carbocycles. The van der Waals surface area contributed by atoms with Crippen molar-refractivity contribution in [2.24, 2.45) is 5.92 Å². The van der Waals surface area contributed by atoms with E-state index in [0.717, 1.165) is 6.42 Å². The smallest absolute Gasteiger partial charge is 0.0687 e. The highest BCUT2D eigenvalue weighted by Gasteiger charge is 2.25. The van der Waals surface area contributed by atoms with Gasteiger partial charge in [0.15, 0.2) is 0 Å². The molecule has 0 heterocycles. The Morgan fingerprint density at radius 3 is 2.05 bits per heavy atom. The summed E-state index contributed by atoms with van der Waals surface area (Å²) in [6, 6.07) is 17.4. The van der Waals surface area contributed by atoms with Crippen molar-refractivity contribution in [2.45, 2.75) is 32.4 Å². The lowest BCUT2D eigenvalue weighted by atomic mass is 9.82. The number of rotatable bonds is 4. The highest BCUT2D eigenvalue weighted by atomic mass is 16.3. The summed E-state index contributed by atoms with van der Waals surface area (Å²) in [6.07, 6.45) is 0.684. The SMILES string of the molecule is CC(C)C(O)CNC1c2ccccc2Cc2ccccc21. The molecule has 2 nitrogen and oxygen atoms in total. The van der Waals surface area contributed by atoms with Crippen LogP contribution in [0.1, 0.15) is 42.1 Å². The minimum absolute atomic E-state index is 0.180. The topological polar surface area (TPSA) is 32.3 Å². The predicted octanol–water partition coefficient (Wildman–Crippen LogP) is 3.29. The maximum atomic E-state index is 10.1. The summed E-state index contributed by atoms with van der Waals surface area (Å²) >= 11 is 0. The van der Waals surface area contributed by atoms with E-state index < -0.39 is 0 Å². The van der Waals surface area contributed by atoms with Gasteiger partial charge in [-0.3, -0.25) is 0 Å². The Morgan fingerprint density at radius 1 is 1.00 bits per heavy atom. The molecule has 110 valence electrons. The van der Waals surface area contributed by atoms with Crippen molar-refractivity contribution in [3.63, 3.8) is 0 Å². The number of aliphatic hydroxyl groups excluding tert-OH is 1. The van der Waals surface area contributed by atoms with Gasteiger partial charge in [0.05, 0.1) is 12.1 Å². The van der Waals surface area contributed by atoms with Gasteiger partial charge in [0.25, 0.3) is 0 Å².